The predicted octanol–water partition coefficient (Wildman–Crippen LogP) is 3.32. The number of rotatable bonds is 6. The van der Waals surface area contributed by atoms with Gasteiger partial charge in [-0.1, -0.05) is 23.7 Å². The first-order valence-corrected chi connectivity index (χ1v) is 7.86. The molecule has 126 valence electrons. The molecule has 0 aliphatic heterocycles. The largest absolute Gasteiger partial charge is 0.481 e. The molecule has 2 rings (SSSR count). The van der Waals surface area contributed by atoms with E-state index in [0.717, 1.165) is 11.3 Å². The van der Waals surface area contributed by atoms with Gasteiger partial charge in [-0.3, -0.25) is 4.79 Å². The Bertz CT molecular complexity index is 697. The highest BCUT2D eigenvalue weighted by molar-refractivity contribution is 6.30. The lowest BCUT2D eigenvalue weighted by molar-refractivity contribution is -0.127. The van der Waals surface area contributed by atoms with Crippen molar-refractivity contribution in [1.29, 1.82) is 0 Å². The number of benzene rings is 2. The van der Waals surface area contributed by atoms with Crippen LogP contribution >= 0.6 is 11.6 Å². The molecule has 1 N–H and O–H groups in total. The van der Waals surface area contributed by atoms with Gasteiger partial charge in [0.2, 0.25) is 0 Å². The Morgan fingerprint density at radius 3 is 2.38 bits per heavy atom. The molecule has 1 atom stereocenters. The van der Waals surface area contributed by atoms with Gasteiger partial charge >= 0.3 is 0 Å². The molecule has 2 aromatic rings. The maximum Gasteiger partial charge on any atom is 0.280 e. The maximum absolute atomic E-state index is 12.0. The third kappa shape index (κ3) is 5.28. The smallest absolute Gasteiger partial charge is 0.280 e. The lowest BCUT2D eigenvalue weighted by Crippen LogP contribution is -2.33. The highest BCUT2D eigenvalue weighted by atomic mass is 35.5. The second-order valence-electron chi connectivity index (χ2n) is 5.43. The summed E-state index contributed by atoms with van der Waals surface area (Å²) in [4.78, 5) is 14.0. The van der Waals surface area contributed by atoms with Crippen LogP contribution in [0.15, 0.2) is 53.6 Å². The van der Waals surface area contributed by atoms with Crippen LogP contribution in [-0.4, -0.2) is 32.3 Å². The van der Waals surface area contributed by atoms with E-state index in [2.05, 4.69) is 10.5 Å². The first-order valence-electron chi connectivity index (χ1n) is 7.48. The summed E-state index contributed by atoms with van der Waals surface area (Å²) in [5.74, 6) is 0.247. The minimum absolute atomic E-state index is 0.328. The van der Waals surface area contributed by atoms with Crippen LogP contribution in [0.25, 0.3) is 0 Å². The molecule has 1 amide bonds. The van der Waals surface area contributed by atoms with Crippen LogP contribution in [0.5, 0.6) is 5.75 Å². The van der Waals surface area contributed by atoms with Crippen LogP contribution in [0.3, 0.4) is 0 Å². The molecule has 0 aliphatic carbocycles. The van der Waals surface area contributed by atoms with Gasteiger partial charge in [0.15, 0.2) is 6.10 Å². The first-order chi connectivity index (χ1) is 11.5. The Morgan fingerprint density at radius 1 is 1.17 bits per heavy atom. The Labute approximate surface area is 146 Å². The summed E-state index contributed by atoms with van der Waals surface area (Å²) in [7, 11) is 3.96. The third-order valence-electron chi connectivity index (χ3n) is 3.29. The topological polar surface area (TPSA) is 53.9 Å². The lowest BCUT2D eigenvalue weighted by atomic mass is 10.2. The monoisotopic (exact) mass is 345 g/mol. The Morgan fingerprint density at radius 2 is 1.79 bits per heavy atom. The van der Waals surface area contributed by atoms with Gasteiger partial charge in [0.05, 0.1) is 6.21 Å². The first kappa shape index (κ1) is 17.8. The zero-order valence-corrected chi connectivity index (χ0v) is 14.6. The molecular weight excluding hydrogens is 326 g/mol. The number of carbonyl (C=O) groups is 1. The number of anilines is 1. The van der Waals surface area contributed by atoms with E-state index in [4.69, 9.17) is 16.3 Å². The number of hydrazone groups is 1. The van der Waals surface area contributed by atoms with E-state index < -0.39 is 6.10 Å². The molecule has 0 aromatic heterocycles. The standard InChI is InChI=1S/C18H20ClN3O2/c1-13(24-17-10-6-15(19)7-11-17)18(23)21-20-12-14-4-8-16(9-5-14)22(2)3/h4-13H,1-3H3,(H,21,23)/b20-12-/t13-/m0/s1. The normalized spacial score (nSPS) is 12.0. The van der Waals surface area contributed by atoms with E-state index in [9.17, 15) is 4.79 Å². The average Bonchev–Trinajstić information content (AvgIpc) is 2.57. The summed E-state index contributed by atoms with van der Waals surface area (Å²) >= 11 is 5.81. The molecule has 0 spiro atoms. The van der Waals surface area contributed by atoms with Gasteiger partial charge in [-0.05, 0) is 48.9 Å². The number of amides is 1. The molecule has 0 aliphatic rings. The molecule has 0 unspecified atom stereocenters. The summed E-state index contributed by atoms with van der Waals surface area (Å²) in [6, 6.07) is 14.7. The third-order valence-corrected chi connectivity index (χ3v) is 3.55. The molecule has 2 aromatic carbocycles. The van der Waals surface area contributed by atoms with Gasteiger partial charge in [-0.25, -0.2) is 5.43 Å². The van der Waals surface area contributed by atoms with Crippen molar-refractivity contribution in [2.24, 2.45) is 5.10 Å². The van der Waals surface area contributed by atoms with Gasteiger partial charge in [0.25, 0.3) is 5.91 Å². The second-order valence-corrected chi connectivity index (χ2v) is 5.87. The summed E-state index contributed by atoms with van der Waals surface area (Å²) < 4.78 is 5.53. The molecular formula is C18H20ClN3O2. The molecule has 0 heterocycles. The molecule has 0 bridgehead atoms. The molecule has 0 saturated heterocycles. The van der Waals surface area contributed by atoms with Crippen molar-refractivity contribution in [3.8, 4) is 5.75 Å². The molecule has 6 heteroatoms. The number of hydrogen-bond acceptors (Lipinski definition) is 4. The zero-order valence-electron chi connectivity index (χ0n) is 13.9. The van der Waals surface area contributed by atoms with E-state index >= 15 is 0 Å². The van der Waals surface area contributed by atoms with Gasteiger partial charge < -0.3 is 9.64 Å². The lowest BCUT2D eigenvalue weighted by Gasteiger charge is -2.13. The van der Waals surface area contributed by atoms with Crippen molar-refractivity contribution in [3.05, 3.63) is 59.1 Å². The van der Waals surface area contributed by atoms with Crippen LogP contribution < -0.4 is 15.1 Å². The number of ether oxygens (including phenoxy) is 1. The van der Waals surface area contributed by atoms with Gasteiger partial charge in [0.1, 0.15) is 5.75 Å². The Balaban J connectivity index is 1.86. The highest BCUT2D eigenvalue weighted by Gasteiger charge is 2.13. The van der Waals surface area contributed by atoms with Gasteiger partial charge in [-0.2, -0.15) is 5.10 Å². The molecule has 0 radical (unpaired) electrons. The molecule has 24 heavy (non-hydrogen) atoms. The minimum Gasteiger partial charge on any atom is -0.481 e. The minimum atomic E-state index is -0.667. The Kier molecular flexibility index (Phi) is 6.21. The SMILES string of the molecule is C[C@H](Oc1ccc(Cl)cc1)C(=O)N/N=C\c1ccc(N(C)C)cc1. The number of halogens is 1. The van der Waals surface area contributed by atoms with Crippen LogP contribution in [0.4, 0.5) is 5.69 Å². The number of nitrogens with one attached hydrogen (secondary N) is 1. The fraction of sp³-hybridized carbons (Fsp3) is 0.222. The number of hydrogen-bond donors (Lipinski definition) is 1. The van der Waals surface area contributed by atoms with Crippen LogP contribution in [0.2, 0.25) is 5.02 Å². The van der Waals surface area contributed by atoms with Crippen molar-refractivity contribution in [2.45, 2.75) is 13.0 Å². The summed E-state index contributed by atoms with van der Waals surface area (Å²) in [6.07, 6.45) is 0.922. The number of nitrogens with zero attached hydrogens (tertiary/aromatic N) is 2. The van der Waals surface area contributed by atoms with Crippen molar-refractivity contribution >= 4 is 29.4 Å². The maximum atomic E-state index is 12.0. The van der Waals surface area contributed by atoms with Crippen LogP contribution in [0.1, 0.15) is 12.5 Å². The van der Waals surface area contributed by atoms with E-state index in [-0.39, 0.29) is 5.91 Å². The predicted molar refractivity (Wildman–Crippen MR) is 98.0 cm³/mol. The average molecular weight is 346 g/mol. The quantitative estimate of drug-likeness (QED) is 0.645. The molecule has 0 fully saturated rings. The highest BCUT2D eigenvalue weighted by Crippen LogP contribution is 2.16. The fourth-order valence-electron chi connectivity index (χ4n) is 1.89. The molecule has 0 saturated carbocycles. The van der Waals surface area contributed by atoms with Crippen LogP contribution in [0, 0.1) is 0 Å². The number of carbonyl (C=O) groups excluding carboxylic acids is 1. The van der Waals surface area contributed by atoms with Gasteiger partial charge in [-0.15, -0.1) is 0 Å². The van der Waals surface area contributed by atoms with Crippen molar-refractivity contribution in [3.63, 3.8) is 0 Å². The van der Waals surface area contributed by atoms with Crippen LogP contribution in [-0.2, 0) is 4.79 Å². The summed E-state index contributed by atoms with van der Waals surface area (Å²) in [6.45, 7) is 1.66. The Hall–Kier alpha value is -2.53. The summed E-state index contributed by atoms with van der Waals surface area (Å²) in [5, 5.41) is 4.57. The van der Waals surface area contributed by atoms with Crippen molar-refractivity contribution in [2.75, 3.05) is 19.0 Å². The fourth-order valence-corrected chi connectivity index (χ4v) is 2.02. The van der Waals surface area contributed by atoms with E-state index in [1.165, 1.54) is 0 Å². The van der Waals surface area contributed by atoms with Crippen molar-refractivity contribution in [1.82, 2.24) is 5.43 Å². The van der Waals surface area contributed by atoms with Gasteiger partial charge in [0, 0.05) is 24.8 Å². The van der Waals surface area contributed by atoms with E-state index in [1.807, 2.05) is 43.3 Å². The van der Waals surface area contributed by atoms with Crippen molar-refractivity contribution < 1.29 is 9.53 Å². The van der Waals surface area contributed by atoms with E-state index in [0.29, 0.717) is 10.8 Å². The summed E-state index contributed by atoms with van der Waals surface area (Å²) in [5.41, 5.74) is 4.46. The zero-order chi connectivity index (χ0) is 17.5. The second kappa shape index (κ2) is 8.36. The van der Waals surface area contributed by atoms with E-state index in [1.54, 1.807) is 37.4 Å². The molecule has 5 nitrogen and oxygen atoms in total.